The summed E-state index contributed by atoms with van der Waals surface area (Å²) in [7, 11) is 10.5. The van der Waals surface area contributed by atoms with Crippen LogP contribution in [0.5, 0.6) is 0 Å². The number of hydrogen-bond acceptors (Lipinski definition) is 13. The highest BCUT2D eigenvalue weighted by Crippen LogP contribution is 2.50. The molecule has 9 rings (SSSR count). The second-order valence-corrected chi connectivity index (χ2v) is 34.6. The van der Waals surface area contributed by atoms with E-state index in [0.29, 0.717) is 76.0 Å². The lowest BCUT2D eigenvalue weighted by Crippen LogP contribution is -2.71. The summed E-state index contributed by atoms with van der Waals surface area (Å²) in [6.07, 6.45) is 15.4. The van der Waals surface area contributed by atoms with E-state index in [1.807, 2.05) is 53.7 Å². The third-order valence-electron chi connectivity index (χ3n) is 25.7. The Kier molecular flexibility index (Phi) is 28.4. The summed E-state index contributed by atoms with van der Waals surface area (Å²) >= 11 is 0. The number of nitrogens with one attached hydrogen (secondary N) is 3. The topological polar surface area (TPSA) is 279 Å². The Morgan fingerprint density at radius 3 is 1.92 bits per heavy atom. The van der Waals surface area contributed by atoms with Gasteiger partial charge in [-0.05, 0) is 163 Å². The zero-order valence-electron chi connectivity index (χ0n) is 66.4. The minimum Gasteiger partial charge on any atom is -0.377 e. The van der Waals surface area contributed by atoms with E-state index in [1.165, 1.54) is 88.5 Å². The molecule has 0 radical (unpaired) electrons. The van der Waals surface area contributed by atoms with Crippen molar-refractivity contribution in [3.05, 3.63) is 12.2 Å². The molecule has 0 aromatic carbocycles. The fourth-order valence-corrected chi connectivity index (χ4v) is 18.9. The van der Waals surface area contributed by atoms with Crippen LogP contribution in [0.4, 0.5) is 4.39 Å². The summed E-state index contributed by atoms with van der Waals surface area (Å²) in [6, 6.07) is -9.87. The minimum absolute atomic E-state index is 0.00444. The summed E-state index contributed by atoms with van der Waals surface area (Å²) < 4.78 is 22.2. The Balaban J connectivity index is 1.10. The molecule has 3 unspecified atom stereocenters. The molecular weight excluding hydrogens is 1360 g/mol. The van der Waals surface area contributed by atoms with Crippen molar-refractivity contribution in [2.45, 2.75) is 294 Å². The lowest BCUT2D eigenvalue weighted by Gasteiger charge is -2.54. The van der Waals surface area contributed by atoms with E-state index in [4.69, 9.17) is 4.74 Å². The van der Waals surface area contributed by atoms with Crippen molar-refractivity contribution in [2.75, 3.05) is 82.1 Å². The maximum atomic E-state index is 16.0. The number of halogens is 1. The number of nitrogens with zero attached hydrogens (tertiary/aromatic N) is 9. The van der Waals surface area contributed by atoms with Gasteiger partial charge in [-0.1, -0.05) is 105 Å². The molecule has 3 heterocycles. The maximum absolute atomic E-state index is 16.0. The molecule has 2 saturated heterocycles. The number of carbonyl (C=O) groups excluding carboxylic acids is 12. The normalized spacial score (nSPS) is 33.2. The highest BCUT2D eigenvalue weighted by Gasteiger charge is 2.59. The van der Waals surface area contributed by atoms with Gasteiger partial charge < -0.3 is 64.8 Å². The molecule has 1 spiro atoms. The molecule has 9 aliphatic rings. The molecule has 3 aliphatic heterocycles. The number of rotatable bonds is 15. The Bertz CT molecular complexity index is 3190. The average Bonchev–Trinajstić information content (AvgIpc) is 0.851. The number of fused-ring (bicyclic) bond motifs is 3. The van der Waals surface area contributed by atoms with Crippen LogP contribution < -0.4 is 16.0 Å². The van der Waals surface area contributed by atoms with Crippen molar-refractivity contribution in [1.29, 1.82) is 0 Å². The number of ether oxygens (including phenoxy) is 1. The standard InChI is InChI=1S/C80H129FN12O13/c1-15-23-60-70(97)83-68(50(5)16-2)76(103)92(55-35-36-55)46-67(96)88(12)61-26-19-18-22-39-91(75(61)102)64(41-52-29-27-49(4)28-30-52)74(101)86(10)45-65(94)82-59(38-32-51-31-37-57(53-33-34-53)58(81)40-51)72(99)93-44-56(106-17-3)42-62(93)71(98)84-80(47-79(6,7)48-80)78(105)90(14)69(54-24-20-21-25-54)77(104)89(13)63(73(100)85(8)9)43-66(95)87(60)11/h18-19,49-64,68-69H,15-17,20-48H2,1-14H3,(H,82,94)(H,83,97)(H,84,98)/b19-18-/t49?,50-,51?,52?,56+,57?,58?,59-,60-,61-,62-,63-,64-,68-,69-/m0/s1. The SMILES string of the molecule is CCC[C@H]1C(=O)N[C@@H]([C@@H](C)CC)C(=O)N(C2CC2)CC(=O)N(C)[C@H]2C/C=C\CCN(C2=O)[C@@H](CC2CCC(C)CC2)C(=O)N(C)CC(=O)N[C@@H](CCC2CCC(C3CC3)C(F)C2)C(=O)N2C[C@H](OCC)C[C@H]2C(=O)NC2(CC(C)(C)C2)C(=O)N(C)[C@@H](C2CCCC2)C(=O)N(C)[C@H](C(=O)N(C)C)CC(=O)N1C. The van der Waals surface area contributed by atoms with Gasteiger partial charge in [-0.2, -0.15) is 0 Å². The van der Waals surface area contributed by atoms with Crippen LogP contribution >= 0.6 is 0 Å². The number of carbonyl (C=O) groups is 12. The predicted octanol–water partition coefficient (Wildman–Crippen LogP) is 6.63. The predicted molar refractivity (Wildman–Crippen MR) is 399 cm³/mol. The highest BCUT2D eigenvalue weighted by atomic mass is 19.1. The van der Waals surface area contributed by atoms with Gasteiger partial charge in [-0.25, -0.2) is 4.39 Å². The summed E-state index contributed by atoms with van der Waals surface area (Å²) in [4.78, 5) is 196. The molecule has 13 atom stereocenters. The van der Waals surface area contributed by atoms with Gasteiger partial charge in [0.2, 0.25) is 70.9 Å². The van der Waals surface area contributed by atoms with Crippen molar-refractivity contribution in [3.63, 3.8) is 0 Å². The zero-order valence-corrected chi connectivity index (χ0v) is 66.4. The van der Waals surface area contributed by atoms with Crippen LogP contribution in [-0.2, 0) is 62.3 Å². The van der Waals surface area contributed by atoms with E-state index in [2.05, 4.69) is 22.9 Å². The molecule has 0 aromatic rings. The van der Waals surface area contributed by atoms with Gasteiger partial charge in [0.05, 0.1) is 19.1 Å². The molecule has 6 saturated carbocycles. The summed E-state index contributed by atoms with van der Waals surface area (Å²) in [5, 5.41) is 9.17. The Labute approximate surface area is 630 Å². The molecule has 3 N–H and O–H groups in total. The van der Waals surface area contributed by atoms with E-state index in [1.54, 1.807) is 4.90 Å². The first-order valence-electron chi connectivity index (χ1n) is 40.5. The highest BCUT2D eigenvalue weighted by molar-refractivity contribution is 6.01. The van der Waals surface area contributed by atoms with Crippen molar-refractivity contribution in [3.8, 4) is 0 Å². The van der Waals surface area contributed by atoms with Gasteiger partial charge in [0.15, 0.2) is 0 Å². The van der Waals surface area contributed by atoms with Crippen LogP contribution in [0.15, 0.2) is 12.2 Å². The van der Waals surface area contributed by atoms with Crippen LogP contribution in [-0.4, -0.2) is 269 Å². The van der Waals surface area contributed by atoms with E-state index >= 15 is 42.7 Å². The molecule has 106 heavy (non-hydrogen) atoms. The van der Waals surface area contributed by atoms with E-state index in [0.717, 1.165) is 64.2 Å². The van der Waals surface area contributed by atoms with Crippen LogP contribution in [0.25, 0.3) is 0 Å². The van der Waals surface area contributed by atoms with Gasteiger partial charge in [0.25, 0.3) is 0 Å². The molecule has 2 bridgehead atoms. The largest absolute Gasteiger partial charge is 0.377 e. The van der Waals surface area contributed by atoms with Crippen molar-refractivity contribution < 1.29 is 66.7 Å². The molecule has 0 aromatic heterocycles. The molecule has 26 heteroatoms. The second-order valence-electron chi connectivity index (χ2n) is 34.6. The molecule has 8 fully saturated rings. The Morgan fingerprint density at radius 1 is 0.651 bits per heavy atom. The van der Waals surface area contributed by atoms with Crippen LogP contribution in [0.1, 0.15) is 222 Å². The second kappa shape index (κ2) is 36.2. The van der Waals surface area contributed by atoms with E-state index in [-0.39, 0.29) is 87.9 Å². The Morgan fingerprint density at radius 2 is 1.32 bits per heavy atom. The fourth-order valence-electron chi connectivity index (χ4n) is 18.9. The molecule has 25 nitrogen and oxygen atoms in total. The third kappa shape index (κ3) is 19.8. The van der Waals surface area contributed by atoms with Crippen LogP contribution in [0.2, 0.25) is 0 Å². The third-order valence-corrected chi connectivity index (χ3v) is 25.7. The lowest BCUT2D eigenvalue weighted by molar-refractivity contribution is -0.161. The van der Waals surface area contributed by atoms with Gasteiger partial charge >= 0.3 is 0 Å². The van der Waals surface area contributed by atoms with Crippen LogP contribution in [0, 0.1) is 46.8 Å². The van der Waals surface area contributed by atoms with Gasteiger partial charge in [0, 0.05) is 81.5 Å². The van der Waals surface area contributed by atoms with Crippen LogP contribution in [0.3, 0.4) is 0 Å². The quantitative estimate of drug-likeness (QED) is 0.145. The first-order valence-corrected chi connectivity index (χ1v) is 40.5. The molecule has 6 aliphatic carbocycles. The first-order chi connectivity index (χ1) is 50.2. The number of alkyl halides is 1. The average molecular weight is 1490 g/mol. The first kappa shape index (κ1) is 83.3. The molecule has 594 valence electrons. The summed E-state index contributed by atoms with van der Waals surface area (Å²) in [5.74, 6) is -6.95. The Hall–Kier alpha value is -6.73. The molecular formula is C80H129FN12O13. The van der Waals surface area contributed by atoms with Gasteiger partial charge in [-0.15, -0.1) is 0 Å². The van der Waals surface area contributed by atoms with Crippen molar-refractivity contribution in [1.82, 2.24) is 60.0 Å². The minimum atomic E-state index is -1.58. The fraction of sp³-hybridized carbons (Fsp3) is 0.825. The maximum Gasteiger partial charge on any atom is 0.248 e. The number of likely N-dealkylation sites (N-methyl/N-ethyl adjacent to an activating group) is 6. The van der Waals surface area contributed by atoms with Gasteiger partial charge in [0.1, 0.15) is 66.6 Å². The summed E-state index contributed by atoms with van der Waals surface area (Å²) in [5.41, 5.74) is -2.05. The lowest BCUT2D eigenvalue weighted by atomic mass is 9.58. The zero-order chi connectivity index (χ0) is 77.4. The van der Waals surface area contributed by atoms with E-state index in [9.17, 15) is 19.2 Å². The molecule has 12 amide bonds. The summed E-state index contributed by atoms with van der Waals surface area (Å²) in [6.45, 7) is 12.9. The van der Waals surface area contributed by atoms with Crippen molar-refractivity contribution >= 4 is 70.9 Å². The van der Waals surface area contributed by atoms with E-state index < -0.39 is 168 Å². The van der Waals surface area contributed by atoms with Gasteiger partial charge in [-0.3, -0.25) is 57.5 Å². The monoisotopic (exact) mass is 1480 g/mol. The van der Waals surface area contributed by atoms with Crippen molar-refractivity contribution in [2.24, 2.45) is 46.8 Å². The number of hydrogen-bond donors (Lipinski definition) is 3. The number of amides is 12. The smallest absolute Gasteiger partial charge is 0.248 e.